The van der Waals surface area contributed by atoms with Gasteiger partial charge in [-0.1, -0.05) is 227 Å². The Labute approximate surface area is 521 Å². The number of aromatic nitrogens is 7. The van der Waals surface area contributed by atoms with E-state index in [9.17, 15) is 0 Å². The number of benzene rings is 7. The first kappa shape index (κ1) is 62.4. The molecule has 0 saturated heterocycles. The lowest BCUT2D eigenvalue weighted by molar-refractivity contribution is 0.568. The van der Waals surface area contributed by atoms with Crippen LogP contribution in [0.2, 0.25) is 0 Å². The molecule has 0 radical (unpaired) electrons. The second-order valence-electron chi connectivity index (χ2n) is 32.9. The highest BCUT2D eigenvalue weighted by Crippen LogP contribution is 2.43. The number of fused-ring (bicyclic) bond motifs is 3. The van der Waals surface area contributed by atoms with E-state index >= 15 is 0 Å². The molecule has 0 unspecified atom stereocenters. The third-order valence-corrected chi connectivity index (χ3v) is 17.3. The number of para-hydroxylation sites is 2. The predicted molar refractivity (Wildman–Crippen MR) is 370 cm³/mol. The lowest BCUT2D eigenvalue weighted by Gasteiger charge is -2.26. The monoisotopic (exact) mass is 1150 g/mol. The van der Waals surface area contributed by atoms with Gasteiger partial charge in [-0.05, 0) is 167 Å². The van der Waals surface area contributed by atoms with Crippen LogP contribution in [0.25, 0.3) is 95.8 Å². The van der Waals surface area contributed by atoms with Crippen LogP contribution in [0.1, 0.15) is 211 Å². The van der Waals surface area contributed by atoms with E-state index in [4.69, 9.17) is 29.9 Å². The molecule has 0 fully saturated rings. The van der Waals surface area contributed by atoms with Gasteiger partial charge >= 0.3 is 0 Å². The zero-order valence-electron chi connectivity index (χ0n) is 56.9. The number of hydrogen-bond donors (Lipinski definition) is 0. The quantitative estimate of drug-likeness (QED) is 0.158. The van der Waals surface area contributed by atoms with Gasteiger partial charge in [-0.2, -0.15) is 0 Å². The van der Waals surface area contributed by atoms with Crippen molar-refractivity contribution in [2.75, 3.05) is 0 Å². The fourth-order valence-electron chi connectivity index (χ4n) is 11.2. The highest BCUT2D eigenvalue weighted by molar-refractivity contribution is 6.09. The van der Waals surface area contributed by atoms with Gasteiger partial charge in [-0.3, -0.25) is 0 Å². The van der Waals surface area contributed by atoms with E-state index < -0.39 is 0 Å². The first-order chi connectivity index (χ1) is 40.1. The second kappa shape index (κ2) is 21.6. The molecule has 0 spiro atoms. The standard InChI is InChI=1S/C80H95N7/c1-73(2,3)53-35-49(36-54(44-53)74(4,5)6)68-81-67(82-69(83-68)50-37-55(75(7,8)9)45-56(38-50)76(10,11)12)48-33-34-66(87-64-31-27-25-29-61(64)62-30-26-28-32-65(62)87)63(43-48)72-85-70(51-39-57(77(13,14)15)46-58(40-51)78(16,17)18)84-71(86-72)52-41-59(79(19,20)21)47-60(42-52)80(22,23)24/h25-47H,1-24H3. The largest absolute Gasteiger partial charge is 0.309 e. The highest BCUT2D eigenvalue weighted by atomic mass is 15.1. The minimum atomic E-state index is -0.150. The maximum absolute atomic E-state index is 5.73. The van der Waals surface area contributed by atoms with Crippen LogP contribution in [-0.2, 0) is 43.3 Å². The Morgan fingerprint density at radius 3 is 0.713 bits per heavy atom. The van der Waals surface area contributed by atoms with Gasteiger partial charge in [0.1, 0.15) is 0 Å². The molecule has 3 heterocycles. The summed E-state index contributed by atoms with van der Waals surface area (Å²) in [5.74, 6) is 3.54. The van der Waals surface area contributed by atoms with Crippen LogP contribution in [0.3, 0.4) is 0 Å². The van der Waals surface area contributed by atoms with Gasteiger partial charge in [0.25, 0.3) is 0 Å². The predicted octanol–water partition coefficient (Wildman–Crippen LogP) is 21.5. The summed E-state index contributed by atoms with van der Waals surface area (Å²) in [5, 5.41) is 2.32. The zero-order chi connectivity index (χ0) is 63.5. The maximum Gasteiger partial charge on any atom is 0.166 e. The molecule has 0 aliphatic rings. The summed E-state index contributed by atoms with van der Waals surface area (Å²) in [6.45, 7) is 54.8. The van der Waals surface area contributed by atoms with Gasteiger partial charge in [0.15, 0.2) is 34.9 Å². The molecule has 10 aromatic rings. The van der Waals surface area contributed by atoms with E-state index in [1.165, 1.54) is 44.5 Å². The van der Waals surface area contributed by atoms with Gasteiger partial charge < -0.3 is 4.57 Å². The topological polar surface area (TPSA) is 82.3 Å². The summed E-state index contributed by atoms with van der Waals surface area (Å²) in [6.07, 6.45) is 0. The molecule has 0 bridgehead atoms. The molecule has 0 aliphatic heterocycles. The molecule has 0 saturated carbocycles. The maximum atomic E-state index is 5.73. The molecular weight excluding hydrogens is 1060 g/mol. The van der Waals surface area contributed by atoms with Crippen LogP contribution in [0.15, 0.2) is 140 Å². The Balaban J connectivity index is 1.36. The van der Waals surface area contributed by atoms with E-state index in [1.807, 2.05) is 0 Å². The van der Waals surface area contributed by atoms with Crippen molar-refractivity contribution < 1.29 is 0 Å². The average Bonchev–Trinajstić information content (AvgIpc) is 1.74. The molecule has 0 atom stereocenters. The summed E-state index contributed by atoms with van der Waals surface area (Å²) in [7, 11) is 0. The van der Waals surface area contributed by atoms with Crippen LogP contribution in [0.4, 0.5) is 0 Å². The van der Waals surface area contributed by atoms with Crippen LogP contribution in [0.5, 0.6) is 0 Å². The summed E-state index contributed by atoms with van der Waals surface area (Å²) in [4.78, 5) is 33.8. The molecular formula is C80H95N7. The van der Waals surface area contributed by atoms with Crippen LogP contribution in [-0.4, -0.2) is 34.5 Å². The zero-order valence-corrected chi connectivity index (χ0v) is 56.9. The van der Waals surface area contributed by atoms with Gasteiger partial charge in [-0.15, -0.1) is 0 Å². The normalized spacial score (nSPS) is 13.3. The van der Waals surface area contributed by atoms with E-state index in [0.717, 1.165) is 60.9 Å². The van der Waals surface area contributed by atoms with Crippen molar-refractivity contribution in [1.29, 1.82) is 0 Å². The van der Waals surface area contributed by atoms with Gasteiger partial charge in [0.2, 0.25) is 0 Å². The van der Waals surface area contributed by atoms with Crippen molar-refractivity contribution in [2.24, 2.45) is 0 Å². The Morgan fingerprint density at radius 2 is 0.460 bits per heavy atom. The molecule has 87 heavy (non-hydrogen) atoms. The van der Waals surface area contributed by atoms with E-state index in [-0.39, 0.29) is 43.3 Å². The van der Waals surface area contributed by atoms with Crippen molar-refractivity contribution in [1.82, 2.24) is 34.5 Å². The fraction of sp³-hybridized carbons (Fsp3) is 0.400. The summed E-state index contributed by atoms with van der Waals surface area (Å²) < 4.78 is 2.38. The van der Waals surface area contributed by atoms with Crippen molar-refractivity contribution in [3.8, 4) is 74.0 Å². The highest BCUT2D eigenvalue weighted by Gasteiger charge is 2.30. The van der Waals surface area contributed by atoms with Crippen molar-refractivity contribution in [3.63, 3.8) is 0 Å². The van der Waals surface area contributed by atoms with Crippen LogP contribution in [0, 0.1) is 0 Å². The molecule has 7 heteroatoms. The lowest BCUT2D eigenvalue weighted by Crippen LogP contribution is -2.17. The summed E-state index contributed by atoms with van der Waals surface area (Å²) in [6, 6.07) is 51.8. The van der Waals surface area contributed by atoms with Gasteiger partial charge in [0.05, 0.1) is 16.7 Å². The molecule has 7 nitrogen and oxygen atoms in total. The van der Waals surface area contributed by atoms with E-state index in [1.54, 1.807) is 0 Å². The minimum absolute atomic E-state index is 0.137. The third kappa shape index (κ3) is 13.0. The Morgan fingerprint density at radius 1 is 0.230 bits per heavy atom. The Bertz CT molecular complexity index is 3910. The van der Waals surface area contributed by atoms with Gasteiger partial charge in [0, 0.05) is 44.2 Å². The molecule has 3 aromatic heterocycles. The average molecular weight is 1150 g/mol. The van der Waals surface area contributed by atoms with Crippen LogP contribution < -0.4 is 0 Å². The molecule has 0 amide bonds. The molecule has 0 N–H and O–H groups in total. The summed E-state index contributed by atoms with van der Waals surface area (Å²) in [5.41, 5.74) is 17.1. The van der Waals surface area contributed by atoms with Crippen molar-refractivity contribution in [3.05, 3.63) is 184 Å². The smallest absolute Gasteiger partial charge is 0.166 e. The minimum Gasteiger partial charge on any atom is -0.309 e. The van der Waals surface area contributed by atoms with Gasteiger partial charge in [-0.25, -0.2) is 29.9 Å². The van der Waals surface area contributed by atoms with E-state index in [0.29, 0.717) is 34.9 Å². The number of hydrogen-bond acceptors (Lipinski definition) is 6. The van der Waals surface area contributed by atoms with Crippen molar-refractivity contribution >= 4 is 21.8 Å². The Hall–Kier alpha value is -7.64. The third-order valence-electron chi connectivity index (χ3n) is 17.3. The second-order valence-corrected chi connectivity index (χ2v) is 32.9. The number of rotatable bonds is 7. The molecule has 10 rings (SSSR count). The van der Waals surface area contributed by atoms with Crippen molar-refractivity contribution in [2.45, 2.75) is 209 Å². The lowest BCUT2D eigenvalue weighted by atomic mass is 9.79. The number of nitrogens with zero attached hydrogens (tertiary/aromatic N) is 7. The van der Waals surface area contributed by atoms with Crippen LogP contribution >= 0.6 is 0 Å². The first-order valence-corrected chi connectivity index (χ1v) is 31.4. The van der Waals surface area contributed by atoms with E-state index in [2.05, 4.69) is 310 Å². The summed E-state index contributed by atoms with van der Waals surface area (Å²) >= 11 is 0. The Kier molecular flexibility index (Phi) is 15.5. The fourth-order valence-corrected chi connectivity index (χ4v) is 11.2. The first-order valence-electron chi connectivity index (χ1n) is 31.4. The molecule has 0 aliphatic carbocycles. The molecule has 450 valence electrons. The molecule has 7 aromatic carbocycles. The SMILES string of the molecule is CC(C)(C)c1cc(-c2nc(-c3cc(C(C)(C)C)cc(C(C)(C)C)c3)nc(-c3ccc(-n4c5ccccc5c5ccccc54)c(-c4nc(-c5cc(C(C)(C)C)cc(C(C)(C)C)c5)nc(-c5cc(C(C)(C)C)cc(C(C)(C)C)c5)n4)c3)n2)cc(C(C)(C)C)c1.